The zero-order chi connectivity index (χ0) is 17.2. The number of hydrogen-bond acceptors (Lipinski definition) is 2. The normalized spacial score (nSPS) is 20.7. The molecule has 1 aromatic carbocycles. The van der Waals surface area contributed by atoms with E-state index in [4.69, 9.17) is 0 Å². The molecule has 2 aromatic rings. The van der Waals surface area contributed by atoms with E-state index >= 15 is 0 Å². The van der Waals surface area contributed by atoms with Gasteiger partial charge in [0.1, 0.15) is 11.6 Å². The molecule has 0 radical (unpaired) electrons. The molecule has 2 fully saturated rings. The van der Waals surface area contributed by atoms with E-state index in [0.29, 0.717) is 12.3 Å². The summed E-state index contributed by atoms with van der Waals surface area (Å²) < 4.78 is 15.3. The van der Waals surface area contributed by atoms with Crippen molar-refractivity contribution in [3.05, 3.63) is 53.9 Å². The highest BCUT2D eigenvalue weighted by molar-refractivity contribution is 5.79. The molecular formula is C20H24FN3O. The maximum Gasteiger partial charge on any atom is 0.227 e. The van der Waals surface area contributed by atoms with E-state index < -0.39 is 0 Å². The van der Waals surface area contributed by atoms with E-state index in [1.54, 1.807) is 12.1 Å². The number of carbonyl (C=O) groups is 1. The highest BCUT2D eigenvalue weighted by Crippen LogP contribution is 2.33. The van der Waals surface area contributed by atoms with Crippen LogP contribution in [0, 0.1) is 11.7 Å². The Morgan fingerprint density at radius 2 is 2.00 bits per heavy atom. The van der Waals surface area contributed by atoms with Crippen molar-refractivity contribution < 1.29 is 9.18 Å². The molecule has 1 amide bonds. The first-order valence-electron chi connectivity index (χ1n) is 9.22. The molecule has 1 saturated carbocycles. The molecule has 2 aliphatic rings. The van der Waals surface area contributed by atoms with Gasteiger partial charge in [-0.2, -0.15) is 0 Å². The minimum Gasteiger partial charge on any atom is -0.342 e. The van der Waals surface area contributed by atoms with Crippen molar-refractivity contribution in [2.45, 2.75) is 44.6 Å². The predicted octanol–water partition coefficient (Wildman–Crippen LogP) is 3.38. The largest absolute Gasteiger partial charge is 0.342 e. The number of likely N-dealkylation sites (tertiary alicyclic amines) is 1. The molecule has 1 aromatic heterocycles. The van der Waals surface area contributed by atoms with Crippen LogP contribution in [0.2, 0.25) is 0 Å². The van der Waals surface area contributed by atoms with Crippen molar-refractivity contribution in [1.82, 2.24) is 14.5 Å². The molecule has 0 spiro atoms. The molecule has 1 saturated heterocycles. The Hall–Kier alpha value is -2.17. The van der Waals surface area contributed by atoms with Gasteiger partial charge in [-0.1, -0.05) is 12.1 Å². The average molecular weight is 341 g/mol. The highest BCUT2D eigenvalue weighted by atomic mass is 19.1. The second kappa shape index (κ2) is 6.98. The summed E-state index contributed by atoms with van der Waals surface area (Å²) in [5, 5.41) is 0. The van der Waals surface area contributed by atoms with Crippen LogP contribution in [0.3, 0.4) is 0 Å². The molecule has 4 nitrogen and oxygen atoms in total. The number of benzene rings is 1. The monoisotopic (exact) mass is 341 g/mol. The lowest BCUT2D eigenvalue weighted by molar-refractivity contribution is -0.131. The Balaban J connectivity index is 1.41. The lowest BCUT2D eigenvalue weighted by atomic mass is 9.96. The van der Waals surface area contributed by atoms with Crippen LogP contribution in [0.25, 0.3) is 0 Å². The van der Waals surface area contributed by atoms with Crippen molar-refractivity contribution in [3.8, 4) is 0 Å². The van der Waals surface area contributed by atoms with Crippen molar-refractivity contribution in [3.63, 3.8) is 0 Å². The third-order valence-corrected chi connectivity index (χ3v) is 5.31. The SMILES string of the molecule is O=C(Cc1ccc(F)cc1)N1CCC[C@H](c2nccn2CC2CC2)C1. The topological polar surface area (TPSA) is 38.1 Å². The second-order valence-corrected chi connectivity index (χ2v) is 7.36. The molecule has 0 N–H and O–H groups in total. The number of rotatable bonds is 5. The fraction of sp³-hybridized carbons (Fsp3) is 0.500. The van der Waals surface area contributed by atoms with Crippen molar-refractivity contribution >= 4 is 5.91 Å². The van der Waals surface area contributed by atoms with Gasteiger partial charge < -0.3 is 9.47 Å². The van der Waals surface area contributed by atoms with E-state index in [2.05, 4.69) is 15.7 Å². The van der Waals surface area contributed by atoms with Gasteiger partial charge in [0.15, 0.2) is 0 Å². The van der Waals surface area contributed by atoms with Gasteiger partial charge in [-0.05, 0) is 49.3 Å². The first-order chi connectivity index (χ1) is 12.2. The summed E-state index contributed by atoms with van der Waals surface area (Å²) in [6.45, 7) is 2.61. The zero-order valence-corrected chi connectivity index (χ0v) is 14.4. The molecule has 1 aliphatic carbocycles. The van der Waals surface area contributed by atoms with Crippen molar-refractivity contribution in [1.29, 1.82) is 0 Å². The molecule has 4 rings (SSSR count). The van der Waals surface area contributed by atoms with Crippen molar-refractivity contribution in [2.75, 3.05) is 13.1 Å². The van der Waals surface area contributed by atoms with Crippen LogP contribution in [0.5, 0.6) is 0 Å². The third kappa shape index (κ3) is 3.91. The predicted molar refractivity (Wildman–Crippen MR) is 93.6 cm³/mol. The summed E-state index contributed by atoms with van der Waals surface area (Å²) in [6, 6.07) is 6.21. The molecule has 1 atom stereocenters. The van der Waals surface area contributed by atoms with Crippen LogP contribution in [-0.4, -0.2) is 33.4 Å². The fourth-order valence-electron chi connectivity index (χ4n) is 3.72. The van der Waals surface area contributed by atoms with Gasteiger partial charge in [0, 0.05) is 37.9 Å². The first kappa shape index (κ1) is 16.3. The third-order valence-electron chi connectivity index (χ3n) is 5.31. The Labute approximate surface area is 147 Å². The van der Waals surface area contributed by atoms with E-state index in [0.717, 1.165) is 49.8 Å². The van der Waals surface area contributed by atoms with Crippen LogP contribution in [-0.2, 0) is 17.8 Å². The second-order valence-electron chi connectivity index (χ2n) is 7.36. The molecule has 5 heteroatoms. The van der Waals surface area contributed by atoms with E-state index in [1.165, 1.54) is 25.0 Å². The lowest BCUT2D eigenvalue weighted by Gasteiger charge is -2.33. The van der Waals surface area contributed by atoms with Crippen LogP contribution in [0.4, 0.5) is 4.39 Å². The summed E-state index contributed by atoms with van der Waals surface area (Å²) in [4.78, 5) is 19.2. The summed E-state index contributed by atoms with van der Waals surface area (Å²) in [6.07, 6.45) is 9.04. The quantitative estimate of drug-likeness (QED) is 0.836. The zero-order valence-electron chi connectivity index (χ0n) is 14.4. The number of piperidine rings is 1. The summed E-state index contributed by atoms with van der Waals surface area (Å²) in [5.74, 6) is 2.12. The number of hydrogen-bond donors (Lipinski definition) is 0. The molecule has 25 heavy (non-hydrogen) atoms. The Bertz CT molecular complexity index is 736. The molecule has 132 valence electrons. The number of amides is 1. The maximum absolute atomic E-state index is 13.0. The van der Waals surface area contributed by atoms with Gasteiger partial charge in [0.2, 0.25) is 5.91 Å². The van der Waals surface area contributed by atoms with E-state index in [1.807, 2.05) is 11.1 Å². The minimum atomic E-state index is -0.267. The van der Waals surface area contributed by atoms with Gasteiger partial charge in [0.25, 0.3) is 0 Å². The number of imidazole rings is 1. The van der Waals surface area contributed by atoms with Crippen LogP contribution < -0.4 is 0 Å². The molecule has 2 heterocycles. The van der Waals surface area contributed by atoms with Gasteiger partial charge in [-0.15, -0.1) is 0 Å². The van der Waals surface area contributed by atoms with Gasteiger partial charge in [0.05, 0.1) is 6.42 Å². The Morgan fingerprint density at radius 3 is 2.76 bits per heavy atom. The number of carbonyl (C=O) groups excluding carboxylic acids is 1. The summed E-state index contributed by atoms with van der Waals surface area (Å²) >= 11 is 0. The number of halogens is 1. The Morgan fingerprint density at radius 1 is 1.20 bits per heavy atom. The summed E-state index contributed by atoms with van der Waals surface area (Å²) in [7, 11) is 0. The minimum absolute atomic E-state index is 0.122. The molecule has 0 unspecified atom stereocenters. The maximum atomic E-state index is 13.0. The standard InChI is InChI=1S/C20H24FN3O/c21-18-7-5-15(6-8-18)12-19(25)23-10-1-2-17(14-23)20-22-9-11-24(20)13-16-3-4-16/h5-9,11,16-17H,1-4,10,12-14H2/t17-/m0/s1. The Kier molecular flexibility index (Phi) is 4.55. The summed E-state index contributed by atoms with van der Waals surface area (Å²) in [5.41, 5.74) is 0.865. The van der Waals surface area contributed by atoms with Crippen LogP contribution in [0.1, 0.15) is 43.0 Å². The first-order valence-corrected chi connectivity index (χ1v) is 9.22. The lowest BCUT2D eigenvalue weighted by Crippen LogP contribution is -2.40. The van der Waals surface area contributed by atoms with E-state index in [-0.39, 0.29) is 11.7 Å². The smallest absolute Gasteiger partial charge is 0.227 e. The van der Waals surface area contributed by atoms with Gasteiger partial charge in [-0.25, -0.2) is 9.37 Å². The van der Waals surface area contributed by atoms with Crippen molar-refractivity contribution in [2.24, 2.45) is 5.92 Å². The van der Waals surface area contributed by atoms with Crippen LogP contribution >= 0.6 is 0 Å². The highest BCUT2D eigenvalue weighted by Gasteiger charge is 2.29. The molecule has 0 bridgehead atoms. The average Bonchev–Trinajstić information content (AvgIpc) is 3.32. The molecule has 1 aliphatic heterocycles. The van der Waals surface area contributed by atoms with Gasteiger partial charge >= 0.3 is 0 Å². The molecular weight excluding hydrogens is 317 g/mol. The number of nitrogens with zero attached hydrogens (tertiary/aromatic N) is 3. The van der Waals surface area contributed by atoms with Crippen LogP contribution in [0.15, 0.2) is 36.7 Å². The van der Waals surface area contributed by atoms with E-state index in [9.17, 15) is 9.18 Å². The fourth-order valence-corrected chi connectivity index (χ4v) is 3.72. The number of aromatic nitrogens is 2. The van der Waals surface area contributed by atoms with Gasteiger partial charge in [-0.3, -0.25) is 4.79 Å².